The monoisotopic (exact) mass is 325 g/mol. The number of imidazole rings is 1. The fourth-order valence-electron chi connectivity index (χ4n) is 1.84. The van der Waals surface area contributed by atoms with Gasteiger partial charge in [0.2, 0.25) is 0 Å². The van der Waals surface area contributed by atoms with Crippen molar-refractivity contribution in [3.8, 4) is 0 Å². The smallest absolute Gasteiger partial charge is 0.342 e. The summed E-state index contributed by atoms with van der Waals surface area (Å²) in [6.07, 6.45) is 0.351. The van der Waals surface area contributed by atoms with Gasteiger partial charge >= 0.3 is 5.82 Å². The lowest BCUT2D eigenvalue weighted by atomic mass is 10.1. The Morgan fingerprint density at radius 1 is 1.53 bits per heavy atom. The molecule has 1 atom stereocenters. The van der Waals surface area contributed by atoms with Crippen LogP contribution in [0.4, 0.5) is 5.82 Å². The highest BCUT2D eigenvalue weighted by Gasteiger charge is 2.22. The molecule has 6 nitrogen and oxygen atoms in total. The quantitative estimate of drug-likeness (QED) is 0.692. The number of aryl methyl sites for hydroxylation is 1. The lowest BCUT2D eigenvalue weighted by Crippen LogP contribution is -2.12. The van der Waals surface area contributed by atoms with Gasteiger partial charge in [0, 0.05) is 11.4 Å². The van der Waals surface area contributed by atoms with Crippen molar-refractivity contribution in [1.82, 2.24) is 9.55 Å². The molecule has 1 heterocycles. The van der Waals surface area contributed by atoms with E-state index in [4.69, 9.17) is 0 Å². The number of aromatic nitrogens is 2. The SMILES string of the molecule is Cc1ncc([N+](=O)[O-])n1CC(O)c1ccccc1Br. The summed E-state index contributed by atoms with van der Waals surface area (Å²) in [5.41, 5.74) is 0.685. The zero-order valence-electron chi connectivity index (χ0n) is 10.2. The minimum atomic E-state index is -0.845. The van der Waals surface area contributed by atoms with Crippen LogP contribution in [0.5, 0.6) is 0 Å². The van der Waals surface area contributed by atoms with Crippen molar-refractivity contribution in [2.24, 2.45) is 0 Å². The van der Waals surface area contributed by atoms with Gasteiger partial charge in [-0.2, -0.15) is 0 Å². The van der Waals surface area contributed by atoms with E-state index in [9.17, 15) is 15.2 Å². The van der Waals surface area contributed by atoms with E-state index in [0.29, 0.717) is 11.4 Å². The first-order chi connectivity index (χ1) is 9.00. The summed E-state index contributed by atoms with van der Waals surface area (Å²) < 4.78 is 2.16. The summed E-state index contributed by atoms with van der Waals surface area (Å²) in [6.45, 7) is 1.75. The molecule has 0 amide bonds. The van der Waals surface area contributed by atoms with E-state index in [0.717, 1.165) is 4.47 Å². The maximum Gasteiger partial charge on any atom is 0.342 e. The van der Waals surface area contributed by atoms with E-state index < -0.39 is 11.0 Å². The van der Waals surface area contributed by atoms with Gasteiger partial charge in [-0.3, -0.25) is 0 Å². The van der Waals surface area contributed by atoms with Crippen LogP contribution in [0.25, 0.3) is 0 Å². The minimum Gasteiger partial charge on any atom is -0.384 e. The topological polar surface area (TPSA) is 81.2 Å². The number of halogens is 1. The van der Waals surface area contributed by atoms with Crippen molar-refractivity contribution in [2.75, 3.05) is 0 Å². The normalized spacial score (nSPS) is 12.4. The highest BCUT2D eigenvalue weighted by Crippen LogP contribution is 2.26. The standard InChI is InChI=1S/C12H12BrN3O3/c1-8-14-6-12(16(18)19)15(8)7-11(17)9-4-2-3-5-10(9)13/h2-6,11,17H,7H2,1H3. The maximum absolute atomic E-state index is 10.9. The predicted molar refractivity (Wildman–Crippen MR) is 72.7 cm³/mol. The van der Waals surface area contributed by atoms with Crippen LogP contribution in [0, 0.1) is 17.0 Å². The highest BCUT2D eigenvalue weighted by molar-refractivity contribution is 9.10. The van der Waals surface area contributed by atoms with Crippen LogP contribution in [0.15, 0.2) is 34.9 Å². The molecule has 19 heavy (non-hydrogen) atoms. The molecule has 1 unspecified atom stereocenters. The number of aliphatic hydroxyl groups excluding tert-OH is 1. The van der Waals surface area contributed by atoms with Crippen LogP contribution in [-0.4, -0.2) is 19.6 Å². The van der Waals surface area contributed by atoms with Crippen molar-refractivity contribution in [2.45, 2.75) is 19.6 Å². The molecular weight excluding hydrogens is 314 g/mol. The number of nitro groups is 1. The van der Waals surface area contributed by atoms with Crippen molar-refractivity contribution >= 4 is 21.7 Å². The number of aliphatic hydroxyl groups is 1. The molecule has 0 spiro atoms. The van der Waals surface area contributed by atoms with Gasteiger partial charge in [0.05, 0.1) is 0 Å². The molecule has 1 aromatic carbocycles. The first kappa shape index (κ1) is 13.7. The van der Waals surface area contributed by atoms with Gasteiger partial charge in [-0.25, -0.2) is 9.55 Å². The Morgan fingerprint density at radius 3 is 2.84 bits per heavy atom. The van der Waals surface area contributed by atoms with Crippen molar-refractivity contribution in [3.05, 3.63) is 56.4 Å². The third-order valence-corrected chi connectivity index (χ3v) is 3.56. The van der Waals surface area contributed by atoms with E-state index in [-0.39, 0.29) is 12.4 Å². The summed E-state index contributed by atoms with van der Waals surface area (Å²) in [4.78, 5) is 14.3. The molecule has 0 fully saturated rings. The Hall–Kier alpha value is -1.73. The van der Waals surface area contributed by atoms with Gasteiger partial charge in [-0.15, -0.1) is 0 Å². The number of nitrogens with zero attached hydrogens (tertiary/aromatic N) is 3. The van der Waals surface area contributed by atoms with E-state index in [1.54, 1.807) is 19.1 Å². The van der Waals surface area contributed by atoms with Gasteiger partial charge in [0.25, 0.3) is 0 Å². The van der Waals surface area contributed by atoms with Crippen LogP contribution in [0.3, 0.4) is 0 Å². The van der Waals surface area contributed by atoms with E-state index in [1.807, 2.05) is 12.1 Å². The lowest BCUT2D eigenvalue weighted by molar-refractivity contribution is -0.392. The molecule has 100 valence electrons. The van der Waals surface area contributed by atoms with Crippen LogP contribution in [0.2, 0.25) is 0 Å². The largest absolute Gasteiger partial charge is 0.384 e. The summed E-state index contributed by atoms with van der Waals surface area (Å²) in [6, 6.07) is 7.23. The van der Waals surface area contributed by atoms with Gasteiger partial charge in [-0.05, 0) is 16.6 Å². The van der Waals surface area contributed by atoms with Crippen molar-refractivity contribution in [1.29, 1.82) is 0 Å². The average Bonchev–Trinajstić information content (AvgIpc) is 2.71. The van der Waals surface area contributed by atoms with Gasteiger partial charge < -0.3 is 15.2 Å². The van der Waals surface area contributed by atoms with Crippen LogP contribution >= 0.6 is 15.9 Å². The molecule has 7 heteroatoms. The first-order valence-electron chi connectivity index (χ1n) is 5.59. The second kappa shape index (κ2) is 5.50. The first-order valence-corrected chi connectivity index (χ1v) is 6.39. The van der Waals surface area contributed by atoms with Crippen LogP contribution in [-0.2, 0) is 6.54 Å². The fraction of sp³-hybridized carbons (Fsp3) is 0.250. The van der Waals surface area contributed by atoms with Crippen molar-refractivity contribution < 1.29 is 10.0 Å². The number of hydrogen-bond acceptors (Lipinski definition) is 4. The molecular formula is C12H12BrN3O3. The highest BCUT2D eigenvalue weighted by atomic mass is 79.9. The molecule has 0 aliphatic heterocycles. The summed E-state index contributed by atoms with van der Waals surface area (Å²) in [5.74, 6) is 0.376. The Balaban J connectivity index is 2.29. The predicted octanol–water partition coefficient (Wildman–Crippen LogP) is 2.60. The second-order valence-electron chi connectivity index (χ2n) is 4.07. The Labute approximate surface area is 118 Å². The van der Waals surface area contributed by atoms with E-state index in [1.165, 1.54) is 10.8 Å². The molecule has 2 aromatic rings. The van der Waals surface area contributed by atoms with E-state index in [2.05, 4.69) is 20.9 Å². The molecule has 1 aromatic heterocycles. The fourth-order valence-corrected chi connectivity index (χ4v) is 2.39. The average molecular weight is 326 g/mol. The third kappa shape index (κ3) is 2.82. The maximum atomic E-state index is 10.9. The molecule has 0 saturated carbocycles. The van der Waals surface area contributed by atoms with Crippen molar-refractivity contribution in [3.63, 3.8) is 0 Å². The molecule has 0 bridgehead atoms. The Kier molecular flexibility index (Phi) is 3.96. The Bertz CT molecular complexity index is 612. The lowest BCUT2D eigenvalue weighted by Gasteiger charge is -2.12. The van der Waals surface area contributed by atoms with Gasteiger partial charge in [-0.1, -0.05) is 34.1 Å². The molecule has 2 rings (SSSR count). The zero-order chi connectivity index (χ0) is 14.0. The van der Waals surface area contributed by atoms with Crippen LogP contribution in [0.1, 0.15) is 17.5 Å². The number of hydrogen-bond donors (Lipinski definition) is 1. The second-order valence-corrected chi connectivity index (χ2v) is 4.92. The molecule has 0 aliphatic carbocycles. The van der Waals surface area contributed by atoms with E-state index >= 15 is 0 Å². The van der Waals surface area contributed by atoms with Gasteiger partial charge in [0.15, 0.2) is 5.82 Å². The molecule has 1 N–H and O–H groups in total. The number of benzene rings is 1. The molecule has 0 saturated heterocycles. The van der Waals surface area contributed by atoms with Crippen LogP contribution < -0.4 is 0 Å². The minimum absolute atomic E-state index is 0.0881. The third-order valence-electron chi connectivity index (χ3n) is 2.84. The van der Waals surface area contributed by atoms with Gasteiger partial charge in [0.1, 0.15) is 18.8 Å². The molecule has 0 aliphatic rings. The molecule has 0 radical (unpaired) electrons. The zero-order valence-corrected chi connectivity index (χ0v) is 11.7. The summed E-state index contributed by atoms with van der Waals surface area (Å²) in [7, 11) is 0. The summed E-state index contributed by atoms with van der Waals surface area (Å²) >= 11 is 3.35. The number of rotatable bonds is 4. The Morgan fingerprint density at radius 2 is 2.21 bits per heavy atom. The summed E-state index contributed by atoms with van der Waals surface area (Å²) in [5, 5.41) is 21.1.